The molecule has 0 aliphatic heterocycles. The van der Waals surface area contributed by atoms with Crippen LogP contribution >= 0.6 is 0 Å². The molecule has 0 bridgehead atoms. The number of hydrogen-bond acceptors (Lipinski definition) is 3. The first-order chi connectivity index (χ1) is 10.1. The van der Waals surface area contributed by atoms with Gasteiger partial charge in [0.05, 0.1) is 12.2 Å². The van der Waals surface area contributed by atoms with Gasteiger partial charge in [-0.3, -0.25) is 9.48 Å². The minimum absolute atomic E-state index is 0.0752. The summed E-state index contributed by atoms with van der Waals surface area (Å²) in [4.78, 5) is 11.6. The van der Waals surface area contributed by atoms with E-state index < -0.39 is 5.82 Å². The Morgan fingerprint density at radius 1 is 1.38 bits per heavy atom. The number of rotatable bonds is 6. The lowest BCUT2D eigenvalue weighted by Gasteiger charge is -2.09. The fourth-order valence-corrected chi connectivity index (χ4v) is 1.96. The first-order valence-electron chi connectivity index (χ1n) is 6.71. The van der Waals surface area contributed by atoms with Crippen molar-refractivity contribution in [2.24, 2.45) is 0 Å². The van der Waals surface area contributed by atoms with Crippen LogP contribution in [0, 0.1) is 19.7 Å². The lowest BCUT2D eigenvalue weighted by atomic mass is 10.3. The monoisotopic (exact) mass is 291 g/mol. The van der Waals surface area contributed by atoms with Crippen LogP contribution in [0.5, 0.6) is 5.75 Å². The molecule has 21 heavy (non-hydrogen) atoms. The quantitative estimate of drug-likeness (QED) is 0.883. The number of carbonyl (C=O) groups is 1. The predicted octanol–water partition coefficient (Wildman–Crippen LogP) is 1.83. The van der Waals surface area contributed by atoms with Crippen LogP contribution in [0.25, 0.3) is 0 Å². The van der Waals surface area contributed by atoms with Crippen LogP contribution in [-0.4, -0.2) is 28.8 Å². The molecule has 0 aliphatic rings. The molecule has 0 aliphatic carbocycles. The molecule has 0 fully saturated rings. The topological polar surface area (TPSA) is 56.2 Å². The van der Waals surface area contributed by atoms with E-state index in [1.54, 1.807) is 12.1 Å². The van der Waals surface area contributed by atoms with Crippen molar-refractivity contribution >= 4 is 5.91 Å². The number of nitrogens with zero attached hydrogens (tertiary/aromatic N) is 2. The van der Waals surface area contributed by atoms with Crippen LogP contribution in [0.2, 0.25) is 0 Å². The third-order valence-corrected chi connectivity index (χ3v) is 2.94. The third-order valence-electron chi connectivity index (χ3n) is 2.94. The van der Waals surface area contributed by atoms with Crippen LogP contribution in [0.15, 0.2) is 30.3 Å². The van der Waals surface area contributed by atoms with Crippen LogP contribution in [0.4, 0.5) is 4.39 Å². The number of aryl methyl sites for hydroxylation is 2. The van der Waals surface area contributed by atoms with E-state index in [9.17, 15) is 9.18 Å². The molecule has 5 nitrogen and oxygen atoms in total. The fraction of sp³-hybridized carbons (Fsp3) is 0.333. The van der Waals surface area contributed by atoms with E-state index in [1.165, 1.54) is 12.1 Å². The number of halogens is 1. The summed E-state index contributed by atoms with van der Waals surface area (Å²) in [6.45, 7) is 4.71. The highest BCUT2D eigenvalue weighted by Crippen LogP contribution is 2.14. The number of amides is 1. The molecule has 0 saturated heterocycles. The van der Waals surface area contributed by atoms with Gasteiger partial charge in [-0.05, 0) is 32.0 Å². The Bertz CT molecular complexity index is 625. The number of aromatic nitrogens is 2. The van der Waals surface area contributed by atoms with Crippen LogP contribution in [0.1, 0.15) is 11.4 Å². The molecular formula is C15H18FN3O2. The molecule has 2 rings (SSSR count). The predicted molar refractivity (Wildman–Crippen MR) is 76.6 cm³/mol. The first kappa shape index (κ1) is 15.0. The molecule has 112 valence electrons. The molecule has 6 heteroatoms. The Morgan fingerprint density at radius 2 is 2.14 bits per heavy atom. The lowest BCUT2D eigenvalue weighted by molar-refractivity contribution is -0.123. The van der Waals surface area contributed by atoms with Crippen molar-refractivity contribution < 1.29 is 13.9 Å². The van der Waals surface area contributed by atoms with Crippen LogP contribution in [0.3, 0.4) is 0 Å². The Labute approximate surface area is 122 Å². The summed E-state index contributed by atoms with van der Waals surface area (Å²) in [6.07, 6.45) is 0. The molecule has 1 aromatic carbocycles. The van der Waals surface area contributed by atoms with E-state index in [1.807, 2.05) is 24.6 Å². The van der Waals surface area contributed by atoms with E-state index >= 15 is 0 Å². The Balaban J connectivity index is 1.73. The molecule has 1 N–H and O–H groups in total. The second-order valence-corrected chi connectivity index (χ2v) is 4.72. The smallest absolute Gasteiger partial charge is 0.258 e. The van der Waals surface area contributed by atoms with Gasteiger partial charge in [-0.2, -0.15) is 5.10 Å². The summed E-state index contributed by atoms with van der Waals surface area (Å²) < 4.78 is 20.2. The van der Waals surface area contributed by atoms with Crippen LogP contribution < -0.4 is 10.1 Å². The Kier molecular flexibility index (Phi) is 4.92. The molecule has 1 amide bonds. The molecule has 0 unspecified atom stereocenters. The van der Waals surface area contributed by atoms with Crippen molar-refractivity contribution in [1.29, 1.82) is 0 Å². The average Bonchev–Trinajstić information content (AvgIpc) is 2.76. The highest BCUT2D eigenvalue weighted by molar-refractivity contribution is 5.77. The SMILES string of the molecule is Cc1cc(C)n(CCNC(=O)COc2ccccc2F)n1. The number of nitrogens with one attached hydrogen (secondary N) is 1. The molecule has 0 spiro atoms. The molecule has 1 aromatic heterocycles. The van der Waals surface area contributed by atoms with Crippen LogP contribution in [-0.2, 0) is 11.3 Å². The number of hydrogen-bond donors (Lipinski definition) is 1. The molecule has 1 heterocycles. The highest BCUT2D eigenvalue weighted by atomic mass is 19.1. The highest BCUT2D eigenvalue weighted by Gasteiger charge is 2.06. The maximum atomic E-state index is 13.3. The van der Waals surface area contributed by atoms with Crippen molar-refractivity contribution in [1.82, 2.24) is 15.1 Å². The van der Waals surface area contributed by atoms with Crippen molar-refractivity contribution in [2.75, 3.05) is 13.2 Å². The molecule has 0 radical (unpaired) electrons. The zero-order chi connectivity index (χ0) is 15.2. The third kappa shape index (κ3) is 4.30. The minimum atomic E-state index is -0.479. The number of ether oxygens (including phenoxy) is 1. The summed E-state index contributed by atoms with van der Waals surface area (Å²) in [6, 6.07) is 7.97. The van der Waals surface area contributed by atoms with Gasteiger partial charge in [-0.15, -0.1) is 0 Å². The Hall–Kier alpha value is -2.37. The zero-order valence-corrected chi connectivity index (χ0v) is 12.1. The maximum Gasteiger partial charge on any atom is 0.258 e. The molecule has 0 saturated carbocycles. The largest absolute Gasteiger partial charge is 0.481 e. The lowest BCUT2D eigenvalue weighted by Crippen LogP contribution is -2.32. The fourth-order valence-electron chi connectivity index (χ4n) is 1.96. The number of benzene rings is 1. The van der Waals surface area contributed by atoms with Gasteiger partial charge < -0.3 is 10.1 Å². The number of carbonyl (C=O) groups excluding carboxylic acids is 1. The zero-order valence-electron chi connectivity index (χ0n) is 12.1. The summed E-state index contributed by atoms with van der Waals surface area (Å²) in [7, 11) is 0. The molecule has 0 atom stereocenters. The van der Waals surface area contributed by atoms with Crippen molar-refractivity contribution in [3.63, 3.8) is 0 Å². The van der Waals surface area contributed by atoms with E-state index in [0.717, 1.165) is 11.4 Å². The first-order valence-corrected chi connectivity index (χ1v) is 6.71. The summed E-state index contributed by atoms with van der Waals surface area (Å²) in [5.74, 6) is -0.695. The van der Waals surface area contributed by atoms with Crippen molar-refractivity contribution in [3.05, 3.63) is 47.5 Å². The van der Waals surface area contributed by atoms with E-state index in [2.05, 4.69) is 10.4 Å². The van der Waals surface area contributed by atoms with E-state index in [-0.39, 0.29) is 18.3 Å². The van der Waals surface area contributed by atoms with Gasteiger partial charge in [0.1, 0.15) is 0 Å². The number of para-hydroxylation sites is 1. The average molecular weight is 291 g/mol. The van der Waals surface area contributed by atoms with Gasteiger partial charge in [-0.25, -0.2) is 4.39 Å². The normalized spacial score (nSPS) is 10.4. The van der Waals surface area contributed by atoms with E-state index in [4.69, 9.17) is 4.74 Å². The van der Waals surface area contributed by atoms with E-state index in [0.29, 0.717) is 13.1 Å². The van der Waals surface area contributed by atoms with Gasteiger partial charge in [0.15, 0.2) is 18.2 Å². The molecule has 2 aromatic rings. The van der Waals surface area contributed by atoms with Crippen molar-refractivity contribution in [2.45, 2.75) is 20.4 Å². The van der Waals surface area contributed by atoms with Crippen molar-refractivity contribution in [3.8, 4) is 5.75 Å². The van der Waals surface area contributed by atoms with Gasteiger partial charge >= 0.3 is 0 Å². The maximum absolute atomic E-state index is 13.3. The summed E-state index contributed by atoms with van der Waals surface area (Å²) in [5, 5.41) is 7.01. The van der Waals surface area contributed by atoms with Gasteiger partial charge in [0.25, 0.3) is 5.91 Å². The summed E-state index contributed by atoms with van der Waals surface area (Å²) in [5.41, 5.74) is 1.99. The van der Waals surface area contributed by atoms with Gasteiger partial charge in [0, 0.05) is 12.2 Å². The Morgan fingerprint density at radius 3 is 2.81 bits per heavy atom. The second-order valence-electron chi connectivity index (χ2n) is 4.72. The molecular weight excluding hydrogens is 273 g/mol. The summed E-state index contributed by atoms with van der Waals surface area (Å²) >= 11 is 0. The van der Waals surface area contributed by atoms with Gasteiger partial charge in [-0.1, -0.05) is 12.1 Å². The standard InChI is InChI=1S/C15H18FN3O2/c1-11-9-12(2)19(18-11)8-7-17-15(20)10-21-14-6-4-3-5-13(14)16/h3-6,9H,7-8,10H2,1-2H3,(H,17,20). The second kappa shape index (κ2) is 6.88. The minimum Gasteiger partial charge on any atom is -0.481 e. The van der Waals surface area contributed by atoms with Gasteiger partial charge in [0.2, 0.25) is 0 Å².